The highest BCUT2D eigenvalue weighted by atomic mass is 14.7. The predicted molar refractivity (Wildman–Crippen MR) is 79.4 cm³/mol. The van der Waals surface area contributed by atoms with Crippen molar-refractivity contribution >= 4 is 11.4 Å². The number of rotatable bonds is 1. The van der Waals surface area contributed by atoms with Crippen LogP contribution in [0, 0.1) is 0 Å². The lowest BCUT2D eigenvalue weighted by Crippen LogP contribution is -2.15. The molecule has 2 aromatic rings. The van der Waals surface area contributed by atoms with Crippen molar-refractivity contribution in [1.82, 2.24) is 0 Å². The fourth-order valence-electron chi connectivity index (χ4n) is 2.16. The summed E-state index contributed by atoms with van der Waals surface area (Å²) in [5, 5.41) is 0. The quantitative estimate of drug-likeness (QED) is 0.745. The van der Waals surface area contributed by atoms with Crippen molar-refractivity contribution in [1.29, 1.82) is 0 Å². The lowest BCUT2D eigenvalue weighted by atomic mass is 9.84. The van der Waals surface area contributed by atoms with Crippen molar-refractivity contribution < 1.29 is 0 Å². The summed E-state index contributed by atoms with van der Waals surface area (Å²) in [5.41, 5.74) is 16.9. The van der Waals surface area contributed by atoms with Gasteiger partial charge < -0.3 is 11.5 Å². The van der Waals surface area contributed by atoms with E-state index in [1.54, 1.807) is 0 Å². The number of benzene rings is 2. The van der Waals surface area contributed by atoms with Gasteiger partial charge in [-0.15, -0.1) is 0 Å². The molecule has 2 aromatic carbocycles. The average Bonchev–Trinajstić information content (AvgIpc) is 2.32. The van der Waals surface area contributed by atoms with E-state index in [-0.39, 0.29) is 5.41 Å². The maximum Gasteiger partial charge on any atom is 0.0630 e. The van der Waals surface area contributed by atoms with Gasteiger partial charge in [0.15, 0.2) is 0 Å². The Balaban J connectivity index is 2.58. The molecule has 0 fully saturated rings. The van der Waals surface area contributed by atoms with Crippen LogP contribution in [0.4, 0.5) is 11.4 Å². The first kappa shape index (κ1) is 12.5. The lowest BCUT2D eigenvalue weighted by molar-refractivity contribution is 0.593. The lowest BCUT2D eigenvalue weighted by Gasteiger charge is -2.23. The number of anilines is 2. The fraction of sp³-hybridized carbons (Fsp3) is 0.250. The summed E-state index contributed by atoms with van der Waals surface area (Å²) in [7, 11) is 0. The van der Waals surface area contributed by atoms with E-state index in [9.17, 15) is 0 Å². The molecule has 0 aliphatic carbocycles. The SMILES string of the molecule is CC(C)(C)c1ccc(-c2ccccc2)c(N)c1N. The van der Waals surface area contributed by atoms with Gasteiger partial charge in [-0.05, 0) is 16.5 Å². The third-order valence-electron chi connectivity index (χ3n) is 3.18. The molecule has 18 heavy (non-hydrogen) atoms. The first-order valence-electron chi connectivity index (χ1n) is 6.15. The molecule has 2 rings (SSSR count). The Morgan fingerprint density at radius 1 is 0.778 bits per heavy atom. The molecule has 0 amide bonds. The van der Waals surface area contributed by atoms with Crippen molar-refractivity contribution in [3.8, 4) is 11.1 Å². The van der Waals surface area contributed by atoms with Crippen LogP contribution < -0.4 is 11.5 Å². The van der Waals surface area contributed by atoms with Crippen molar-refractivity contribution in [2.75, 3.05) is 11.5 Å². The van der Waals surface area contributed by atoms with Gasteiger partial charge in [0.2, 0.25) is 0 Å². The van der Waals surface area contributed by atoms with Crippen LogP contribution in [0.25, 0.3) is 11.1 Å². The maximum absolute atomic E-state index is 6.19. The molecule has 2 nitrogen and oxygen atoms in total. The van der Waals surface area contributed by atoms with Gasteiger partial charge >= 0.3 is 0 Å². The minimum absolute atomic E-state index is 0.00736. The number of hydrogen-bond donors (Lipinski definition) is 2. The third kappa shape index (κ3) is 2.19. The zero-order chi connectivity index (χ0) is 13.3. The first-order chi connectivity index (χ1) is 8.41. The monoisotopic (exact) mass is 240 g/mol. The average molecular weight is 240 g/mol. The molecule has 0 aliphatic heterocycles. The van der Waals surface area contributed by atoms with Gasteiger partial charge in [-0.3, -0.25) is 0 Å². The van der Waals surface area contributed by atoms with E-state index in [1.807, 2.05) is 30.3 Å². The minimum atomic E-state index is 0.00736. The Bertz CT molecular complexity index is 551. The summed E-state index contributed by atoms with van der Waals surface area (Å²) in [4.78, 5) is 0. The van der Waals surface area contributed by atoms with Crippen LogP contribution in [-0.2, 0) is 5.41 Å². The molecule has 0 aromatic heterocycles. The van der Waals surface area contributed by atoms with Crippen LogP contribution in [-0.4, -0.2) is 0 Å². The summed E-state index contributed by atoms with van der Waals surface area (Å²) in [6, 6.07) is 14.2. The Morgan fingerprint density at radius 2 is 1.39 bits per heavy atom. The molecular weight excluding hydrogens is 220 g/mol. The van der Waals surface area contributed by atoms with Gasteiger partial charge in [-0.25, -0.2) is 0 Å². The summed E-state index contributed by atoms with van der Waals surface area (Å²) in [6.07, 6.45) is 0. The Hall–Kier alpha value is -1.96. The fourth-order valence-corrected chi connectivity index (χ4v) is 2.16. The smallest absolute Gasteiger partial charge is 0.0630 e. The van der Waals surface area contributed by atoms with Crippen molar-refractivity contribution in [2.45, 2.75) is 26.2 Å². The molecule has 0 saturated heterocycles. The highest BCUT2D eigenvalue weighted by Crippen LogP contribution is 2.37. The topological polar surface area (TPSA) is 52.0 Å². The molecule has 0 saturated carbocycles. The predicted octanol–water partition coefficient (Wildman–Crippen LogP) is 3.82. The van der Waals surface area contributed by atoms with Crippen LogP contribution in [0.3, 0.4) is 0 Å². The Morgan fingerprint density at radius 3 is 1.94 bits per heavy atom. The van der Waals surface area contributed by atoms with Crippen LogP contribution in [0.15, 0.2) is 42.5 Å². The Kier molecular flexibility index (Phi) is 3.04. The van der Waals surface area contributed by atoms with Crippen LogP contribution in [0.5, 0.6) is 0 Å². The zero-order valence-corrected chi connectivity index (χ0v) is 11.2. The third-order valence-corrected chi connectivity index (χ3v) is 3.18. The first-order valence-corrected chi connectivity index (χ1v) is 6.15. The summed E-state index contributed by atoms with van der Waals surface area (Å²) < 4.78 is 0. The van der Waals surface area contributed by atoms with Gasteiger partial charge in [-0.2, -0.15) is 0 Å². The molecule has 0 atom stereocenters. The molecule has 0 unspecified atom stereocenters. The second kappa shape index (κ2) is 4.37. The minimum Gasteiger partial charge on any atom is -0.397 e. The van der Waals surface area contributed by atoms with E-state index in [0.717, 1.165) is 16.7 Å². The highest BCUT2D eigenvalue weighted by molar-refractivity contribution is 5.86. The van der Waals surface area contributed by atoms with Crippen molar-refractivity contribution in [3.05, 3.63) is 48.0 Å². The number of nitrogen functional groups attached to an aromatic ring is 2. The van der Waals surface area contributed by atoms with Crippen molar-refractivity contribution in [2.24, 2.45) is 0 Å². The normalized spacial score (nSPS) is 11.5. The molecule has 0 bridgehead atoms. The number of hydrogen-bond acceptors (Lipinski definition) is 2. The van der Waals surface area contributed by atoms with Gasteiger partial charge in [0.1, 0.15) is 0 Å². The van der Waals surface area contributed by atoms with Gasteiger partial charge in [-0.1, -0.05) is 63.2 Å². The van der Waals surface area contributed by atoms with E-state index in [1.165, 1.54) is 0 Å². The molecule has 2 heteroatoms. The second-order valence-corrected chi connectivity index (χ2v) is 5.60. The van der Waals surface area contributed by atoms with E-state index in [2.05, 4.69) is 32.9 Å². The van der Waals surface area contributed by atoms with Crippen LogP contribution in [0.2, 0.25) is 0 Å². The summed E-state index contributed by atoms with van der Waals surface area (Å²) in [5.74, 6) is 0. The van der Waals surface area contributed by atoms with Crippen molar-refractivity contribution in [3.63, 3.8) is 0 Å². The molecule has 0 heterocycles. The molecule has 0 aliphatic rings. The number of nitrogens with two attached hydrogens (primary N) is 2. The van der Waals surface area contributed by atoms with E-state index in [4.69, 9.17) is 11.5 Å². The Labute approximate surface area is 109 Å². The van der Waals surface area contributed by atoms with Crippen LogP contribution in [0.1, 0.15) is 26.3 Å². The second-order valence-electron chi connectivity index (χ2n) is 5.60. The zero-order valence-electron chi connectivity index (χ0n) is 11.2. The van der Waals surface area contributed by atoms with Crippen LogP contribution >= 0.6 is 0 Å². The molecule has 0 radical (unpaired) electrons. The largest absolute Gasteiger partial charge is 0.397 e. The van der Waals surface area contributed by atoms with E-state index in [0.29, 0.717) is 11.4 Å². The van der Waals surface area contributed by atoms with Gasteiger partial charge in [0, 0.05) is 5.56 Å². The molecule has 94 valence electrons. The van der Waals surface area contributed by atoms with E-state index >= 15 is 0 Å². The summed E-state index contributed by atoms with van der Waals surface area (Å²) >= 11 is 0. The molecular formula is C16H20N2. The van der Waals surface area contributed by atoms with Gasteiger partial charge in [0.25, 0.3) is 0 Å². The van der Waals surface area contributed by atoms with E-state index < -0.39 is 0 Å². The molecule has 0 spiro atoms. The molecule has 4 N–H and O–H groups in total. The van der Waals surface area contributed by atoms with Gasteiger partial charge in [0.05, 0.1) is 11.4 Å². The standard InChI is InChI=1S/C16H20N2/c1-16(2,3)13-10-9-12(14(17)15(13)18)11-7-5-4-6-8-11/h4-10H,17-18H2,1-3H3. The summed E-state index contributed by atoms with van der Waals surface area (Å²) in [6.45, 7) is 6.42. The highest BCUT2D eigenvalue weighted by Gasteiger charge is 2.19. The maximum atomic E-state index is 6.19.